The highest BCUT2D eigenvalue weighted by molar-refractivity contribution is 6.30. The molecule has 2 N–H and O–H groups in total. The van der Waals surface area contributed by atoms with Gasteiger partial charge in [0.2, 0.25) is 0 Å². The van der Waals surface area contributed by atoms with E-state index in [1.807, 2.05) is 6.07 Å². The van der Waals surface area contributed by atoms with Crippen LogP contribution in [0, 0.1) is 6.92 Å². The molecule has 1 aromatic rings. The van der Waals surface area contributed by atoms with E-state index in [2.05, 4.69) is 37.8 Å². The standard InChI is InChI=1S/C14H21ClN2/c1-10-4-5-11(15)8-13(10)17-7-6-12(16)9-14(17,2)3/h4-5,8,12H,6-7,9,16H2,1-3H3. The number of aryl methyl sites for hydroxylation is 1. The third-order valence-corrected chi connectivity index (χ3v) is 3.91. The highest BCUT2D eigenvalue weighted by atomic mass is 35.5. The van der Waals surface area contributed by atoms with Crippen LogP contribution in [0.3, 0.4) is 0 Å². The van der Waals surface area contributed by atoms with Crippen molar-refractivity contribution in [1.82, 2.24) is 0 Å². The van der Waals surface area contributed by atoms with Gasteiger partial charge in [0.05, 0.1) is 0 Å². The Balaban J connectivity index is 2.35. The molecule has 2 rings (SSSR count). The monoisotopic (exact) mass is 252 g/mol. The Morgan fingerprint density at radius 2 is 2.12 bits per heavy atom. The summed E-state index contributed by atoms with van der Waals surface area (Å²) in [7, 11) is 0. The van der Waals surface area contributed by atoms with Gasteiger partial charge >= 0.3 is 0 Å². The van der Waals surface area contributed by atoms with Gasteiger partial charge in [-0.3, -0.25) is 0 Å². The smallest absolute Gasteiger partial charge is 0.0426 e. The summed E-state index contributed by atoms with van der Waals surface area (Å²) in [4.78, 5) is 2.44. The van der Waals surface area contributed by atoms with E-state index in [0.717, 1.165) is 24.4 Å². The summed E-state index contributed by atoms with van der Waals surface area (Å²) >= 11 is 6.11. The highest BCUT2D eigenvalue weighted by Crippen LogP contribution is 2.35. The van der Waals surface area contributed by atoms with Crippen molar-refractivity contribution in [3.63, 3.8) is 0 Å². The van der Waals surface area contributed by atoms with Crippen LogP contribution in [-0.2, 0) is 0 Å². The van der Waals surface area contributed by atoms with Crippen molar-refractivity contribution in [2.45, 2.75) is 45.2 Å². The normalized spacial score (nSPS) is 23.8. The van der Waals surface area contributed by atoms with Gasteiger partial charge in [0.25, 0.3) is 0 Å². The zero-order valence-electron chi connectivity index (χ0n) is 10.8. The molecule has 2 nitrogen and oxygen atoms in total. The SMILES string of the molecule is Cc1ccc(Cl)cc1N1CCC(N)CC1(C)C. The van der Waals surface area contributed by atoms with E-state index in [9.17, 15) is 0 Å². The van der Waals surface area contributed by atoms with E-state index >= 15 is 0 Å². The lowest BCUT2D eigenvalue weighted by Crippen LogP contribution is -2.53. The second-order valence-electron chi connectivity index (χ2n) is 5.65. The summed E-state index contributed by atoms with van der Waals surface area (Å²) in [5.74, 6) is 0. The van der Waals surface area contributed by atoms with Crippen LogP contribution < -0.4 is 10.6 Å². The van der Waals surface area contributed by atoms with Crippen LogP contribution in [0.15, 0.2) is 18.2 Å². The molecule has 1 saturated heterocycles. The first-order chi connectivity index (χ1) is 7.90. The van der Waals surface area contributed by atoms with E-state index in [1.165, 1.54) is 11.3 Å². The molecule has 0 saturated carbocycles. The van der Waals surface area contributed by atoms with Crippen LogP contribution in [0.1, 0.15) is 32.3 Å². The summed E-state index contributed by atoms with van der Waals surface area (Å²) in [5.41, 5.74) is 8.69. The largest absolute Gasteiger partial charge is 0.366 e. The lowest BCUT2D eigenvalue weighted by molar-refractivity contribution is 0.327. The summed E-state index contributed by atoms with van der Waals surface area (Å²) in [6.45, 7) is 7.66. The van der Waals surface area contributed by atoms with E-state index in [0.29, 0.717) is 6.04 Å². The average Bonchev–Trinajstić information content (AvgIpc) is 2.21. The zero-order chi connectivity index (χ0) is 12.6. The highest BCUT2D eigenvalue weighted by Gasteiger charge is 2.34. The third-order valence-electron chi connectivity index (χ3n) is 3.68. The molecule has 1 fully saturated rings. The Hall–Kier alpha value is -0.730. The summed E-state index contributed by atoms with van der Waals surface area (Å²) in [6, 6.07) is 6.42. The van der Waals surface area contributed by atoms with Gasteiger partial charge in [-0.1, -0.05) is 17.7 Å². The van der Waals surface area contributed by atoms with Crippen molar-refractivity contribution in [2.24, 2.45) is 5.73 Å². The molecule has 0 aromatic heterocycles. The minimum absolute atomic E-state index is 0.104. The van der Waals surface area contributed by atoms with Crippen LogP contribution in [0.5, 0.6) is 0 Å². The number of hydrogen-bond donors (Lipinski definition) is 1. The van der Waals surface area contributed by atoms with E-state index in [-0.39, 0.29) is 5.54 Å². The lowest BCUT2D eigenvalue weighted by atomic mass is 9.86. The van der Waals surface area contributed by atoms with Gasteiger partial charge in [0.15, 0.2) is 0 Å². The van der Waals surface area contributed by atoms with E-state index in [1.54, 1.807) is 0 Å². The predicted octanol–water partition coefficient (Wildman–Crippen LogP) is 3.35. The Kier molecular flexibility index (Phi) is 3.37. The average molecular weight is 253 g/mol. The maximum atomic E-state index is 6.11. The number of rotatable bonds is 1. The van der Waals surface area contributed by atoms with Gasteiger partial charge in [-0.05, 0) is 51.3 Å². The van der Waals surface area contributed by atoms with Gasteiger partial charge in [0.1, 0.15) is 0 Å². The molecular formula is C14H21ClN2. The quantitative estimate of drug-likeness (QED) is 0.831. The third kappa shape index (κ3) is 2.58. The van der Waals surface area contributed by atoms with Gasteiger partial charge in [0, 0.05) is 28.8 Å². The van der Waals surface area contributed by atoms with Crippen molar-refractivity contribution in [1.29, 1.82) is 0 Å². The van der Waals surface area contributed by atoms with Crippen LogP contribution in [0.2, 0.25) is 5.02 Å². The topological polar surface area (TPSA) is 29.3 Å². The molecule has 1 aliphatic heterocycles. The first kappa shape index (κ1) is 12.7. The fraction of sp³-hybridized carbons (Fsp3) is 0.571. The van der Waals surface area contributed by atoms with Gasteiger partial charge in [-0.15, -0.1) is 0 Å². The fourth-order valence-electron chi connectivity index (χ4n) is 2.77. The minimum Gasteiger partial charge on any atom is -0.366 e. The van der Waals surface area contributed by atoms with Crippen LogP contribution in [0.25, 0.3) is 0 Å². The van der Waals surface area contributed by atoms with Gasteiger partial charge in [-0.2, -0.15) is 0 Å². The van der Waals surface area contributed by atoms with Crippen molar-refractivity contribution in [3.05, 3.63) is 28.8 Å². The second kappa shape index (κ2) is 4.51. The maximum Gasteiger partial charge on any atom is 0.0426 e. The Morgan fingerprint density at radius 1 is 1.41 bits per heavy atom. The van der Waals surface area contributed by atoms with Crippen LogP contribution >= 0.6 is 11.6 Å². The molecule has 0 aliphatic carbocycles. The molecule has 17 heavy (non-hydrogen) atoms. The zero-order valence-corrected chi connectivity index (χ0v) is 11.6. The lowest BCUT2D eigenvalue weighted by Gasteiger charge is -2.47. The molecule has 0 radical (unpaired) electrons. The number of hydrogen-bond acceptors (Lipinski definition) is 2. The first-order valence-corrected chi connectivity index (χ1v) is 6.57. The molecule has 1 atom stereocenters. The molecular weight excluding hydrogens is 232 g/mol. The van der Waals surface area contributed by atoms with Gasteiger partial charge in [-0.25, -0.2) is 0 Å². The first-order valence-electron chi connectivity index (χ1n) is 6.19. The van der Waals surface area contributed by atoms with E-state index in [4.69, 9.17) is 17.3 Å². The molecule has 3 heteroatoms. The maximum absolute atomic E-state index is 6.11. The number of anilines is 1. The van der Waals surface area contributed by atoms with Crippen molar-refractivity contribution < 1.29 is 0 Å². The summed E-state index contributed by atoms with van der Waals surface area (Å²) in [5, 5.41) is 0.802. The number of nitrogens with two attached hydrogens (primary N) is 1. The predicted molar refractivity (Wildman–Crippen MR) is 74.8 cm³/mol. The Morgan fingerprint density at radius 3 is 2.76 bits per heavy atom. The van der Waals surface area contributed by atoms with E-state index < -0.39 is 0 Å². The minimum atomic E-state index is 0.104. The van der Waals surface area contributed by atoms with Crippen LogP contribution in [-0.4, -0.2) is 18.1 Å². The molecule has 0 bridgehead atoms. The molecule has 1 heterocycles. The summed E-state index contributed by atoms with van der Waals surface area (Å²) in [6.07, 6.45) is 2.08. The molecule has 0 amide bonds. The molecule has 0 spiro atoms. The number of piperidine rings is 1. The molecule has 1 aromatic carbocycles. The number of benzene rings is 1. The van der Waals surface area contributed by atoms with Crippen molar-refractivity contribution in [3.8, 4) is 0 Å². The Bertz CT molecular complexity index is 415. The Labute approximate surface area is 109 Å². The second-order valence-corrected chi connectivity index (χ2v) is 6.08. The van der Waals surface area contributed by atoms with Gasteiger partial charge < -0.3 is 10.6 Å². The molecule has 94 valence electrons. The molecule has 1 aliphatic rings. The van der Waals surface area contributed by atoms with Crippen molar-refractivity contribution in [2.75, 3.05) is 11.4 Å². The number of halogens is 1. The van der Waals surface area contributed by atoms with Crippen molar-refractivity contribution >= 4 is 17.3 Å². The fourth-order valence-corrected chi connectivity index (χ4v) is 2.94. The summed E-state index contributed by atoms with van der Waals surface area (Å²) < 4.78 is 0. The number of nitrogens with zero attached hydrogens (tertiary/aromatic N) is 1. The van der Waals surface area contributed by atoms with Crippen LogP contribution in [0.4, 0.5) is 5.69 Å². The molecule has 1 unspecified atom stereocenters.